The van der Waals surface area contributed by atoms with Crippen molar-refractivity contribution >= 4 is 38.9 Å². The smallest absolute Gasteiger partial charge is 0.171 e. The van der Waals surface area contributed by atoms with Crippen LogP contribution in [0.5, 0.6) is 0 Å². The maximum Gasteiger partial charge on any atom is 0.171 e. The highest BCUT2D eigenvalue weighted by Gasteiger charge is 2.09. The molecular formula is C16H17BrN2S. The minimum atomic E-state index is 0.173. The average molecular weight is 349 g/mol. The van der Waals surface area contributed by atoms with Crippen LogP contribution in [0.3, 0.4) is 0 Å². The molecule has 2 aromatic rings. The molecular weight excluding hydrogens is 332 g/mol. The van der Waals surface area contributed by atoms with Crippen molar-refractivity contribution < 1.29 is 0 Å². The fourth-order valence-electron chi connectivity index (χ4n) is 2.05. The first-order valence-electron chi connectivity index (χ1n) is 6.45. The first-order chi connectivity index (χ1) is 9.56. The lowest BCUT2D eigenvalue weighted by Crippen LogP contribution is -2.31. The molecule has 2 rings (SSSR count). The van der Waals surface area contributed by atoms with Gasteiger partial charge in [0, 0.05) is 10.2 Å². The third kappa shape index (κ3) is 4.05. The molecule has 0 heterocycles. The molecule has 0 aliphatic heterocycles. The highest BCUT2D eigenvalue weighted by atomic mass is 79.9. The van der Waals surface area contributed by atoms with E-state index >= 15 is 0 Å². The van der Waals surface area contributed by atoms with E-state index in [1.807, 2.05) is 36.4 Å². The molecule has 0 spiro atoms. The van der Waals surface area contributed by atoms with Crippen molar-refractivity contribution in [3.05, 3.63) is 64.1 Å². The van der Waals surface area contributed by atoms with Gasteiger partial charge < -0.3 is 10.6 Å². The number of thiocarbonyl (C=S) groups is 1. The third-order valence-corrected chi connectivity index (χ3v) is 3.85. The second-order valence-electron chi connectivity index (χ2n) is 4.68. The molecule has 2 nitrogen and oxygen atoms in total. The van der Waals surface area contributed by atoms with Gasteiger partial charge in [0.05, 0.1) is 6.04 Å². The molecule has 0 aromatic heterocycles. The number of aryl methyl sites for hydroxylation is 1. The summed E-state index contributed by atoms with van der Waals surface area (Å²) < 4.78 is 1.05. The van der Waals surface area contributed by atoms with Gasteiger partial charge in [-0.1, -0.05) is 40.2 Å². The molecule has 0 radical (unpaired) electrons. The van der Waals surface area contributed by atoms with E-state index in [-0.39, 0.29) is 6.04 Å². The van der Waals surface area contributed by atoms with Crippen LogP contribution < -0.4 is 10.6 Å². The van der Waals surface area contributed by atoms with E-state index in [1.165, 1.54) is 11.1 Å². The van der Waals surface area contributed by atoms with Crippen molar-refractivity contribution in [2.75, 3.05) is 5.32 Å². The molecule has 0 saturated carbocycles. The van der Waals surface area contributed by atoms with Crippen LogP contribution in [0, 0.1) is 6.92 Å². The molecule has 0 unspecified atom stereocenters. The van der Waals surface area contributed by atoms with Gasteiger partial charge in [0.15, 0.2) is 5.11 Å². The maximum absolute atomic E-state index is 5.35. The second-order valence-corrected chi connectivity index (χ2v) is 6.01. The highest BCUT2D eigenvalue weighted by molar-refractivity contribution is 9.10. The van der Waals surface area contributed by atoms with Crippen LogP contribution in [-0.4, -0.2) is 5.11 Å². The summed E-state index contributed by atoms with van der Waals surface area (Å²) in [5.41, 5.74) is 3.49. The molecule has 2 aromatic carbocycles. The predicted octanol–water partition coefficient (Wildman–Crippen LogP) is 4.81. The molecule has 0 bridgehead atoms. The Kier molecular flexibility index (Phi) is 5.15. The van der Waals surface area contributed by atoms with E-state index in [9.17, 15) is 0 Å². The first kappa shape index (κ1) is 15.0. The highest BCUT2D eigenvalue weighted by Crippen LogP contribution is 2.17. The summed E-state index contributed by atoms with van der Waals surface area (Å²) in [5, 5.41) is 7.13. The fourth-order valence-corrected chi connectivity index (χ4v) is 2.61. The lowest BCUT2D eigenvalue weighted by Gasteiger charge is -2.19. The van der Waals surface area contributed by atoms with Gasteiger partial charge >= 0.3 is 0 Å². The molecule has 0 aliphatic rings. The SMILES string of the molecule is Cc1ccccc1[C@@H](C)NC(=S)Nc1ccc(Br)cc1. The Morgan fingerprint density at radius 1 is 1.10 bits per heavy atom. The van der Waals surface area contributed by atoms with E-state index in [0.29, 0.717) is 5.11 Å². The summed E-state index contributed by atoms with van der Waals surface area (Å²) in [6, 6.07) is 16.4. The van der Waals surface area contributed by atoms with Gasteiger partial charge in [0.1, 0.15) is 0 Å². The molecule has 0 aliphatic carbocycles. The van der Waals surface area contributed by atoms with E-state index in [2.05, 4.69) is 52.5 Å². The van der Waals surface area contributed by atoms with Crippen LogP contribution in [-0.2, 0) is 0 Å². The van der Waals surface area contributed by atoms with Crippen LogP contribution in [0.1, 0.15) is 24.1 Å². The van der Waals surface area contributed by atoms with Gasteiger partial charge in [-0.15, -0.1) is 0 Å². The fraction of sp³-hybridized carbons (Fsp3) is 0.188. The van der Waals surface area contributed by atoms with E-state index < -0.39 is 0 Å². The monoisotopic (exact) mass is 348 g/mol. The quantitative estimate of drug-likeness (QED) is 0.778. The maximum atomic E-state index is 5.35. The van der Waals surface area contributed by atoms with Crippen LogP contribution in [0.4, 0.5) is 5.69 Å². The Bertz CT molecular complexity index is 596. The zero-order valence-corrected chi connectivity index (χ0v) is 13.9. The molecule has 4 heteroatoms. The molecule has 104 valence electrons. The van der Waals surface area contributed by atoms with Crippen molar-refractivity contribution in [2.45, 2.75) is 19.9 Å². The minimum absolute atomic E-state index is 0.173. The van der Waals surface area contributed by atoms with Gasteiger partial charge in [-0.25, -0.2) is 0 Å². The summed E-state index contributed by atoms with van der Waals surface area (Å²) in [6.07, 6.45) is 0. The Morgan fingerprint density at radius 2 is 1.75 bits per heavy atom. The zero-order valence-electron chi connectivity index (χ0n) is 11.5. The predicted molar refractivity (Wildman–Crippen MR) is 93.1 cm³/mol. The van der Waals surface area contributed by atoms with E-state index in [0.717, 1.165) is 10.2 Å². The number of benzene rings is 2. The molecule has 0 amide bonds. The topological polar surface area (TPSA) is 24.1 Å². The van der Waals surface area contributed by atoms with E-state index in [1.54, 1.807) is 0 Å². The first-order valence-corrected chi connectivity index (χ1v) is 7.65. The Labute approximate surface area is 133 Å². The Balaban J connectivity index is 1.98. The molecule has 1 atom stereocenters. The van der Waals surface area contributed by atoms with Gasteiger partial charge in [-0.05, 0) is 61.5 Å². The number of hydrogen-bond acceptors (Lipinski definition) is 1. The van der Waals surface area contributed by atoms with Gasteiger partial charge in [0.2, 0.25) is 0 Å². The van der Waals surface area contributed by atoms with E-state index in [4.69, 9.17) is 12.2 Å². The molecule has 20 heavy (non-hydrogen) atoms. The zero-order chi connectivity index (χ0) is 14.5. The lowest BCUT2D eigenvalue weighted by atomic mass is 10.0. The number of halogens is 1. The van der Waals surface area contributed by atoms with Crippen LogP contribution >= 0.6 is 28.1 Å². The van der Waals surface area contributed by atoms with Crippen LogP contribution in [0.25, 0.3) is 0 Å². The van der Waals surface area contributed by atoms with Crippen LogP contribution in [0.15, 0.2) is 53.0 Å². The van der Waals surface area contributed by atoms with Gasteiger partial charge in [0.25, 0.3) is 0 Å². The standard InChI is InChI=1S/C16H17BrN2S/c1-11-5-3-4-6-15(11)12(2)18-16(20)19-14-9-7-13(17)8-10-14/h3-10,12H,1-2H3,(H2,18,19,20)/t12-/m1/s1. The summed E-state index contributed by atoms with van der Waals surface area (Å²) in [5.74, 6) is 0. The molecule has 2 N–H and O–H groups in total. The second kappa shape index (κ2) is 6.86. The molecule has 0 saturated heterocycles. The van der Waals surface area contributed by atoms with Crippen molar-refractivity contribution in [2.24, 2.45) is 0 Å². The Morgan fingerprint density at radius 3 is 2.40 bits per heavy atom. The Hall–Kier alpha value is -1.39. The normalized spacial score (nSPS) is 11.8. The summed E-state index contributed by atoms with van der Waals surface area (Å²) >= 11 is 8.77. The van der Waals surface area contributed by atoms with Crippen molar-refractivity contribution in [1.82, 2.24) is 5.32 Å². The third-order valence-electron chi connectivity index (χ3n) is 3.10. The van der Waals surface area contributed by atoms with Crippen molar-refractivity contribution in [1.29, 1.82) is 0 Å². The largest absolute Gasteiger partial charge is 0.356 e. The van der Waals surface area contributed by atoms with Gasteiger partial charge in [-0.2, -0.15) is 0 Å². The number of hydrogen-bond donors (Lipinski definition) is 2. The number of nitrogens with one attached hydrogen (secondary N) is 2. The van der Waals surface area contributed by atoms with Gasteiger partial charge in [-0.3, -0.25) is 0 Å². The number of anilines is 1. The van der Waals surface area contributed by atoms with Crippen molar-refractivity contribution in [3.63, 3.8) is 0 Å². The number of rotatable bonds is 3. The van der Waals surface area contributed by atoms with Crippen LogP contribution in [0.2, 0.25) is 0 Å². The van der Waals surface area contributed by atoms with Crippen molar-refractivity contribution in [3.8, 4) is 0 Å². The minimum Gasteiger partial charge on any atom is -0.356 e. The molecule has 0 fully saturated rings. The lowest BCUT2D eigenvalue weighted by molar-refractivity contribution is 0.717. The summed E-state index contributed by atoms with van der Waals surface area (Å²) in [4.78, 5) is 0. The average Bonchev–Trinajstić information content (AvgIpc) is 2.41. The summed E-state index contributed by atoms with van der Waals surface area (Å²) in [7, 11) is 0. The summed E-state index contributed by atoms with van der Waals surface area (Å²) in [6.45, 7) is 4.22.